The van der Waals surface area contributed by atoms with Gasteiger partial charge < -0.3 is 20.5 Å². The van der Waals surface area contributed by atoms with E-state index in [1.165, 1.54) is 0 Å². The van der Waals surface area contributed by atoms with Gasteiger partial charge in [-0.25, -0.2) is 4.79 Å². The van der Waals surface area contributed by atoms with E-state index >= 15 is 0 Å². The summed E-state index contributed by atoms with van der Waals surface area (Å²) in [4.78, 5) is 24.4. The first-order chi connectivity index (χ1) is 14.2. The third-order valence-electron chi connectivity index (χ3n) is 4.44. The topological polar surface area (TPSA) is 87.7 Å². The van der Waals surface area contributed by atoms with Gasteiger partial charge in [-0.15, -0.1) is 0 Å². The molecule has 0 spiro atoms. The highest BCUT2D eigenvalue weighted by Gasteiger charge is 2.39. The van der Waals surface area contributed by atoms with Gasteiger partial charge in [-0.2, -0.15) is 13.2 Å². The van der Waals surface area contributed by atoms with Crippen LogP contribution in [0.25, 0.3) is 10.8 Å². The zero-order valence-corrected chi connectivity index (χ0v) is 17.8. The van der Waals surface area contributed by atoms with Gasteiger partial charge in [-0.05, 0) is 50.1 Å². The molecule has 2 unspecified atom stereocenters. The van der Waals surface area contributed by atoms with E-state index < -0.39 is 48.4 Å². The number of hydrogen-bond acceptors (Lipinski definition) is 4. The summed E-state index contributed by atoms with van der Waals surface area (Å²) in [6, 6.07) is 10.6. The lowest BCUT2D eigenvalue weighted by Gasteiger charge is -2.27. The monoisotopic (exact) mass is 440 g/mol. The quantitative estimate of drug-likeness (QED) is 0.628. The number of alkyl carbamates (subject to hydrolysis) is 1. The van der Waals surface area contributed by atoms with Crippen molar-refractivity contribution in [1.82, 2.24) is 10.6 Å². The van der Waals surface area contributed by atoms with E-state index in [2.05, 4.69) is 5.32 Å². The number of rotatable bonds is 6. The number of halogens is 3. The van der Waals surface area contributed by atoms with Crippen LogP contribution in [0.3, 0.4) is 0 Å². The molecule has 3 atom stereocenters. The predicted molar refractivity (Wildman–Crippen MR) is 110 cm³/mol. The molecule has 0 bridgehead atoms. The maximum atomic E-state index is 13.0. The SMILES string of the molecule is C[C@H](NC(=O)C(O)C(CC(F)(F)F)NC(=O)OC(C)(C)C)c1ccc2ccccc2c1. The first-order valence-corrected chi connectivity index (χ1v) is 9.78. The third kappa shape index (κ3) is 7.75. The Hall–Kier alpha value is -2.81. The van der Waals surface area contributed by atoms with Crippen LogP contribution in [0, 0.1) is 0 Å². The molecular formula is C22H27F3N2O4. The molecule has 0 saturated heterocycles. The molecule has 170 valence electrons. The molecule has 0 aliphatic rings. The molecule has 0 aliphatic heterocycles. The minimum atomic E-state index is -4.72. The number of amides is 2. The van der Waals surface area contributed by atoms with Gasteiger partial charge in [0.15, 0.2) is 6.10 Å². The lowest BCUT2D eigenvalue weighted by atomic mass is 10.0. The molecule has 0 aliphatic carbocycles. The molecule has 6 nitrogen and oxygen atoms in total. The predicted octanol–water partition coefficient (Wildman–Crippen LogP) is 4.22. The van der Waals surface area contributed by atoms with Crippen LogP contribution in [0.5, 0.6) is 0 Å². The van der Waals surface area contributed by atoms with Crippen LogP contribution in [0.4, 0.5) is 18.0 Å². The Labute approximate surface area is 178 Å². The van der Waals surface area contributed by atoms with Crippen molar-refractivity contribution in [3.63, 3.8) is 0 Å². The van der Waals surface area contributed by atoms with Crippen LogP contribution in [0.2, 0.25) is 0 Å². The van der Waals surface area contributed by atoms with E-state index in [0.29, 0.717) is 5.56 Å². The molecule has 9 heteroatoms. The maximum absolute atomic E-state index is 13.0. The van der Waals surface area contributed by atoms with Gasteiger partial charge in [0, 0.05) is 0 Å². The first-order valence-electron chi connectivity index (χ1n) is 9.78. The highest BCUT2D eigenvalue weighted by Crippen LogP contribution is 2.24. The summed E-state index contributed by atoms with van der Waals surface area (Å²) in [6.07, 6.45) is -9.59. The van der Waals surface area contributed by atoms with Crippen LogP contribution >= 0.6 is 0 Å². The third-order valence-corrected chi connectivity index (χ3v) is 4.44. The number of aliphatic hydroxyl groups is 1. The fourth-order valence-corrected chi connectivity index (χ4v) is 2.99. The van der Waals surface area contributed by atoms with Crippen molar-refractivity contribution in [1.29, 1.82) is 0 Å². The smallest absolute Gasteiger partial charge is 0.407 e. The molecule has 3 N–H and O–H groups in total. The van der Waals surface area contributed by atoms with Gasteiger partial charge in [0.25, 0.3) is 5.91 Å². The lowest BCUT2D eigenvalue weighted by molar-refractivity contribution is -0.151. The normalized spacial score (nSPS) is 15.1. The van der Waals surface area contributed by atoms with Crippen LogP contribution in [-0.4, -0.2) is 41.0 Å². The van der Waals surface area contributed by atoms with E-state index in [4.69, 9.17) is 4.74 Å². The maximum Gasteiger partial charge on any atom is 0.407 e. The zero-order chi connectivity index (χ0) is 23.4. The molecule has 2 aromatic rings. The summed E-state index contributed by atoms with van der Waals surface area (Å²) >= 11 is 0. The molecule has 0 heterocycles. The average molecular weight is 440 g/mol. The second-order valence-electron chi connectivity index (χ2n) is 8.35. The second kappa shape index (κ2) is 9.55. The fourth-order valence-electron chi connectivity index (χ4n) is 2.99. The zero-order valence-electron chi connectivity index (χ0n) is 17.8. The highest BCUT2D eigenvalue weighted by molar-refractivity contribution is 5.84. The lowest BCUT2D eigenvalue weighted by Crippen LogP contribution is -2.53. The molecule has 31 heavy (non-hydrogen) atoms. The van der Waals surface area contributed by atoms with Crippen molar-refractivity contribution in [2.24, 2.45) is 0 Å². The van der Waals surface area contributed by atoms with E-state index in [1.54, 1.807) is 33.8 Å². The standard InChI is InChI=1S/C22H27F3N2O4/c1-13(15-10-9-14-7-5-6-8-16(14)11-15)26-19(29)18(28)17(12-22(23,24)25)27-20(30)31-21(2,3)4/h5-11,13,17-18,28H,12H2,1-4H3,(H,26,29)(H,27,30)/t13-,17?,18?/m0/s1. The molecule has 2 aromatic carbocycles. The van der Waals surface area contributed by atoms with E-state index in [1.807, 2.05) is 41.7 Å². The van der Waals surface area contributed by atoms with Crippen LogP contribution in [0.15, 0.2) is 42.5 Å². The van der Waals surface area contributed by atoms with Crippen molar-refractivity contribution in [3.05, 3.63) is 48.0 Å². The second-order valence-corrected chi connectivity index (χ2v) is 8.35. The highest BCUT2D eigenvalue weighted by atomic mass is 19.4. The van der Waals surface area contributed by atoms with Gasteiger partial charge in [0.2, 0.25) is 0 Å². The molecule has 0 radical (unpaired) electrons. The van der Waals surface area contributed by atoms with Gasteiger partial charge in [0.05, 0.1) is 18.5 Å². The number of hydrogen-bond donors (Lipinski definition) is 3. The van der Waals surface area contributed by atoms with Crippen LogP contribution in [0.1, 0.15) is 45.7 Å². The Kier molecular flexibility index (Phi) is 7.54. The number of nitrogens with one attached hydrogen (secondary N) is 2. The summed E-state index contributed by atoms with van der Waals surface area (Å²) < 4.78 is 43.8. The number of ether oxygens (including phenoxy) is 1. The molecule has 0 aromatic heterocycles. The first kappa shape index (κ1) is 24.5. The average Bonchev–Trinajstić information content (AvgIpc) is 2.63. The number of fused-ring (bicyclic) bond motifs is 1. The number of benzene rings is 2. The van der Waals surface area contributed by atoms with E-state index in [-0.39, 0.29) is 0 Å². The number of aliphatic hydroxyl groups excluding tert-OH is 1. The van der Waals surface area contributed by atoms with Crippen molar-refractivity contribution in [2.75, 3.05) is 0 Å². The van der Waals surface area contributed by atoms with E-state index in [0.717, 1.165) is 10.8 Å². The minimum absolute atomic E-state index is 0.584. The Morgan fingerprint density at radius 2 is 1.65 bits per heavy atom. The summed E-state index contributed by atoms with van der Waals surface area (Å²) in [7, 11) is 0. The summed E-state index contributed by atoms with van der Waals surface area (Å²) in [5.74, 6) is -1.04. The van der Waals surface area contributed by atoms with E-state index in [9.17, 15) is 27.9 Å². The Bertz CT molecular complexity index is 925. The number of alkyl halides is 3. The molecule has 2 amide bonds. The largest absolute Gasteiger partial charge is 0.444 e. The molecule has 0 saturated carbocycles. The van der Waals surface area contributed by atoms with Crippen molar-refractivity contribution >= 4 is 22.8 Å². The Morgan fingerprint density at radius 1 is 1.03 bits per heavy atom. The van der Waals surface area contributed by atoms with Gasteiger partial charge >= 0.3 is 12.3 Å². The van der Waals surface area contributed by atoms with Crippen molar-refractivity contribution < 1.29 is 32.6 Å². The van der Waals surface area contributed by atoms with Crippen molar-refractivity contribution in [3.8, 4) is 0 Å². The van der Waals surface area contributed by atoms with Gasteiger partial charge in [-0.1, -0.05) is 36.4 Å². The fraction of sp³-hybridized carbons (Fsp3) is 0.455. The summed E-state index contributed by atoms with van der Waals surface area (Å²) in [5, 5.41) is 16.7. The molecular weight excluding hydrogens is 413 g/mol. The minimum Gasteiger partial charge on any atom is -0.444 e. The summed E-state index contributed by atoms with van der Waals surface area (Å²) in [5.41, 5.74) is -0.239. The number of carbonyl (C=O) groups is 2. The molecule has 2 rings (SSSR count). The number of carbonyl (C=O) groups excluding carboxylic acids is 2. The van der Waals surface area contributed by atoms with Crippen LogP contribution < -0.4 is 10.6 Å². The Morgan fingerprint density at radius 3 is 2.23 bits per heavy atom. The van der Waals surface area contributed by atoms with Gasteiger partial charge in [-0.3, -0.25) is 4.79 Å². The van der Waals surface area contributed by atoms with Crippen LogP contribution in [-0.2, 0) is 9.53 Å². The summed E-state index contributed by atoms with van der Waals surface area (Å²) in [6.45, 7) is 6.27. The molecule has 0 fully saturated rings. The van der Waals surface area contributed by atoms with Gasteiger partial charge in [0.1, 0.15) is 5.60 Å². The van der Waals surface area contributed by atoms with Crippen molar-refractivity contribution in [2.45, 2.75) is 64.1 Å². The Balaban J connectivity index is 2.11.